The maximum Gasteiger partial charge on any atom is 0.251 e. The lowest BCUT2D eigenvalue weighted by atomic mass is 10.2. The Morgan fingerprint density at radius 1 is 1.26 bits per heavy atom. The van der Waals surface area contributed by atoms with Gasteiger partial charge < -0.3 is 9.32 Å². The summed E-state index contributed by atoms with van der Waals surface area (Å²) in [5, 5.41) is 0. The number of benzene rings is 1. The number of anilines is 1. The first kappa shape index (κ1) is 12.2. The average Bonchev–Trinajstić information content (AvgIpc) is 3.02. The van der Waals surface area contributed by atoms with Crippen LogP contribution in [0.15, 0.2) is 51.6 Å². The topological polar surface area (TPSA) is 33.5 Å². The number of furan rings is 1. The minimum atomic E-state index is -0.0162. The third-order valence-electron chi connectivity index (χ3n) is 3.14. The van der Waals surface area contributed by atoms with Crippen molar-refractivity contribution in [2.24, 2.45) is 0 Å². The number of fused-ring (bicyclic) bond motifs is 1. The highest BCUT2D eigenvalue weighted by molar-refractivity contribution is 9.10. The zero-order valence-electron chi connectivity index (χ0n) is 10.2. The molecule has 0 saturated carbocycles. The summed E-state index contributed by atoms with van der Waals surface area (Å²) in [6, 6.07) is 11.6. The Labute approximate surface area is 119 Å². The smallest absolute Gasteiger partial charge is 0.251 e. The van der Waals surface area contributed by atoms with E-state index in [9.17, 15) is 4.79 Å². The molecule has 4 heteroatoms. The lowest BCUT2D eigenvalue weighted by Crippen LogP contribution is -2.26. The van der Waals surface area contributed by atoms with Gasteiger partial charge in [0.1, 0.15) is 5.76 Å². The predicted molar refractivity (Wildman–Crippen MR) is 77.9 cm³/mol. The van der Waals surface area contributed by atoms with Gasteiger partial charge in [0.2, 0.25) is 0 Å². The second-order valence-corrected chi connectivity index (χ2v) is 5.13. The van der Waals surface area contributed by atoms with Crippen molar-refractivity contribution < 1.29 is 9.21 Å². The quantitative estimate of drug-likeness (QED) is 0.792. The molecule has 1 aromatic carbocycles. The summed E-state index contributed by atoms with van der Waals surface area (Å²) in [5.41, 5.74) is 2.24. The van der Waals surface area contributed by atoms with Crippen LogP contribution in [-0.2, 0) is 11.2 Å². The molecule has 3 nitrogen and oxygen atoms in total. The number of halogens is 1. The van der Waals surface area contributed by atoms with E-state index >= 15 is 0 Å². The Balaban J connectivity index is 1.77. The van der Waals surface area contributed by atoms with E-state index in [1.165, 1.54) is 5.56 Å². The molecule has 0 N–H and O–H groups in total. The van der Waals surface area contributed by atoms with E-state index in [4.69, 9.17) is 4.42 Å². The van der Waals surface area contributed by atoms with Crippen molar-refractivity contribution in [1.82, 2.24) is 0 Å². The maximum absolute atomic E-state index is 12.2. The largest absolute Gasteiger partial charge is 0.450 e. The highest BCUT2D eigenvalue weighted by Crippen LogP contribution is 2.27. The number of carbonyl (C=O) groups is 1. The van der Waals surface area contributed by atoms with E-state index in [-0.39, 0.29) is 5.91 Å². The lowest BCUT2D eigenvalue weighted by molar-refractivity contribution is -0.114. The molecule has 1 aliphatic heterocycles. The van der Waals surface area contributed by atoms with Crippen LogP contribution >= 0.6 is 15.9 Å². The van der Waals surface area contributed by atoms with E-state index < -0.39 is 0 Å². The van der Waals surface area contributed by atoms with E-state index in [0.717, 1.165) is 18.7 Å². The summed E-state index contributed by atoms with van der Waals surface area (Å²) in [4.78, 5) is 14.0. The molecule has 0 spiro atoms. The summed E-state index contributed by atoms with van der Waals surface area (Å²) < 4.78 is 5.98. The zero-order valence-corrected chi connectivity index (χ0v) is 11.8. The maximum atomic E-state index is 12.2. The van der Waals surface area contributed by atoms with Gasteiger partial charge in [-0.2, -0.15) is 0 Å². The molecule has 0 saturated heterocycles. The summed E-state index contributed by atoms with van der Waals surface area (Å²) in [5.74, 6) is 0.644. The second-order valence-electron chi connectivity index (χ2n) is 4.34. The Kier molecular flexibility index (Phi) is 3.25. The highest BCUT2D eigenvalue weighted by atomic mass is 79.9. The number of para-hydroxylation sites is 1. The van der Waals surface area contributed by atoms with E-state index in [2.05, 4.69) is 22.0 Å². The molecule has 1 amide bonds. The van der Waals surface area contributed by atoms with Crippen LogP contribution in [0.5, 0.6) is 0 Å². The fourth-order valence-corrected chi connectivity index (χ4v) is 2.55. The first-order chi connectivity index (χ1) is 9.24. The van der Waals surface area contributed by atoms with Crippen LogP contribution in [0.25, 0.3) is 6.08 Å². The Morgan fingerprint density at radius 3 is 2.89 bits per heavy atom. The van der Waals surface area contributed by atoms with Crippen molar-refractivity contribution in [3.05, 3.63) is 58.5 Å². The lowest BCUT2D eigenvalue weighted by Gasteiger charge is -2.14. The molecule has 2 heterocycles. The van der Waals surface area contributed by atoms with Crippen molar-refractivity contribution in [3.8, 4) is 0 Å². The molecular weight excluding hydrogens is 306 g/mol. The Bertz CT molecular complexity index is 645. The van der Waals surface area contributed by atoms with Crippen molar-refractivity contribution in [3.63, 3.8) is 0 Å². The summed E-state index contributed by atoms with van der Waals surface area (Å²) in [6.07, 6.45) is 4.16. The first-order valence-electron chi connectivity index (χ1n) is 6.07. The van der Waals surface area contributed by atoms with Crippen molar-refractivity contribution >= 4 is 33.6 Å². The third-order valence-corrected chi connectivity index (χ3v) is 3.56. The van der Waals surface area contributed by atoms with Gasteiger partial charge in [-0.25, -0.2) is 0 Å². The molecule has 2 aromatic rings. The van der Waals surface area contributed by atoms with Gasteiger partial charge in [0.15, 0.2) is 4.67 Å². The average molecular weight is 318 g/mol. The van der Waals surface area contributed by atoms with Crippen LogP contribution in [0.1, 0.15) is 11.3 Å². The van der Waals surface area contributed by atoms with Crippen molar-refractivity contribution in [2.45, 2.75) is 6.42 Å². The van der Waals surface area contributed by atoms with Crippen LogP contribution in [0, 0.1) is 0 Å². The molecule has 0 fully saturated rings. The fraction of sp³-hybridized carbons (Fsp3) is 0.133. The zero-order chi connectivity index (χ0) is 13.2. The Hall–Kier alpha value is -1.81. The van der Waals surface area contributed by atoms with Gasteiger partial charge in [0.25, 0.3) is 5.91 Å². The molecule has 0 unspecified atom stereocenters. The normalized spacial score (nSPS) is 14.1. The van der Waals surface area contributed by atoms with Crippen LogP contribution in [0.3, 0.4) is 0 Å². The summed E-state index contributed by atoms with van der Waals surface area (Å²) in [7, 11) is 0. The van der Waals surface area contributed by atoms with E-state index in [1.54, 1.807) is 23.1 Å². The number of carbonyl (C=O) groups excluding carboxylic acids is 1. The fourth-order valence-electron chi connectivity index (χ4n) is 2.23. The van der Waals surface area contributed by atoms with Crippen LogP contribution in [0.2, 0.25) is 0 Å². The number of hydrogen-bond acceptors (Lipinski definition) is 2. The van der Waals surface area contributed by atoms with Crippen LogP contribution in [-0.4, -0.2) is 12.5 Å². The van der Waals surface area contributed by atoms with Gasteiger partial charge in [0.05, 0.1) is 0 Å². The standard InChI is InChI=1S/C15H12BrNO2/c16-14-7-5-12(19-14)6-8-15(18)17-10-9-11-3-1-2-4-13(11)17/h1-8H,9-10H2/b8-6+. The van der Waals surface area contributed by atoms with E-state index in [0.29, 0.717) is 10.4 Å². The van der Waals surface area contributed by atoms with Gasteiger partial charge in [-0.15, -0.1) is 0 Å². The third kappa shape index (κ3) is 2.49. The van der Waals surface area contributed by atoms with Crippen LogP contribution < -0.4 is 4.90 Å². The molecule has 0 aliphatic carbocycles. The van der Waals surface area contributed by atoms with Crippen molar-refractivity contribution in [2.75, 3.05) is 11.4 Å². The molecule has 0 radical (unpaired) electrons. The van der Waals surface area contributed by atoms with Gasteiger partial charge >= 0.3 is 0 Å². The van der Waals surface area contributed by atoms with Gasteiger partial charge in [0, 0.05) is 18.3 Å². The number of nitrogens with zero attached hydrogens (tertiary/aromatic N) is 1. The van der Waals surface area contributed by atoms with Crippen molar-refractivity contribution in [1.29, 1.82) is 0 Å². The van der Waals surface area contributed by atoms with Gasteiger partial charge in [-0.05, 0) is 52.2 Å². The summed E-state index contributed by atoms with van der Waals surface area (Å²) in [6.45, 7) is 0.740. The second kappa shape index (κ2) is 5.05. The molecule has 1 aliphatic rings. The van der Waals surface area contributed by atoms with Crippen LogP contribution in [0.4, 0.5) is 5.69 Å². The summed E-state index contributed by atoms with van der Waals surface area (Å²) >= 11 is 3.23. The number of amides is 1. The molecule has 1 aromatic heterocycles. The number of rotatable bonds is 2. The predicted octanol–water partition coefficient (Wildman–Crippen LogP) is 3.64. The monoisotopic (exact) mass is 317 g/mol. The molecule has 0 atom stereocenters. The highest BCUT2D eigenvalue weighted by Gasteiger charge is 2.22. The molecule has 19 heavy (non-hydrogen) atoms. The SMILES string of the molecule is O=C(/C=C/c1ccc(Br)o1)N1CCc2ccccc21. The first-order valence-corrected chi connectivity index (χ1v) is 6.86. The molecule has 3 rings (SSSR count). The minimum absolute atomic E-state index is 0.0162. The van der Waals surface area contributed by atoms with E-state index in [1.807, 2.05) is 24.3 Å². The molecule has 0 bridgehead atoms. The Morgan fingerprint density at radius 2 is 2.11 bits per heavy atom. The molecular formula is C15H12BrNO2. The minimum Gasteiger partial charge on any atom is -0.450 e. The number of hydrogen-bond donors (Lipinski definition) is 0. The molecule has 96 valence electrons. The van der Waals surface area contributed by atoms with Gasteiger partial charge in [-0.1, -0.05) is 18.2 Å². The van der Waals surface area contributed by atoms with Gasteiger partial charge in [-0.3, -0.25) is 4.79 Å².